The Morgan fingerprint density at radius 2 is 2.00 bits per heavy atom. The number of amidine groups is 1. The van der Waals surface area contributed by atoms with Gasteiger partial charge in [-0.15, -0.1) is 0 Å². The van der Waals surface area contributed by atoms with Gasteiger partial charge in [0.25, 0.3) is 0 Å². The van der Waals surface area contributed by atoms with Crippen molar-refractivity contribution in [3.05, 3.63) is 0 Å². The zero-order chi connectivity index (χ0) is 12.3. The Hall–Kier alpha value is -0.180. The summed E-state index contributed by atoms with van der Waals surface area (Å²) in [5.41, 5.74) is 0. The Morgan fingerprint density at radius 1 is 1.29 bits per heavy atom. The van der Waals surface area contributed by atoms with E-state index >= 15 is 0 Å². The molecular formula is C14H26N2S. The van der Waals surface area contributed by atoms with Crippen molar-refractivity contribution in [2.24, 2.45) is 16.8 Å². The van der Waals surface area contributed by atoms with Gasteiger partial charge in [0.15, 0.2) is 5.17 Å². The van der Waals surface area contributed by atoms with Gasteiger partial charge in [-0.3, -0.25) is 4.99 Å². The summed E-state index contributed by atoms with van der Waals surface area (Å²) >= 11 is 1.92. The maximum Gasteiger partial charge on any atom is 0.157 e. The van der Waals surface area contributed by atoms with E-state index in [4.69, 9.17) is 4.99 Å². The second-order valence-electron chi connectivity index (χ2n) is 5.83. The van der Waals surface area contributed by atoms with Crippen LogP contribution < -0.4 is 5.32 Å². The maximum atomic E-state index is 4.79. The molecule has 17 heavy (non-hydrogen) atoms. The highest BCUT2D eigenvalue weighted by Gasteiger charge is 2.25. The first-order valence-electron chi connectivity index (χ1n) is 7.16. The van der Waals surface area contributed by atoms with E-state index in [1.807, 2.05) is 11.8 Å². The van der Waals surface area contributed by atoms with E-state index in [1.54, 1.807) is 0 Å². The molecule has 2 rings (SSSR count). The van der Waals surface area contributed by atoms with E-state index in [0.717, 1.165) is 5.92 Å². The zero-order valence-corrected chi connectivity index (χ0v) is 12.2. The quantitative estimate of drug-likeness (QED) is 0.831. The molecule has 1 N–H and O–H groups in total. The van der Waals surface area contributed by atoms with Crippen molar-refractivity contribution in [3.63, 3.8) is 0 Å². The number of hydrogen-bond acceptors (Lipinski definition) is 3. The average molecular weight is 254 g/mol. The lowest BCUT2D eigenvalue weighted by atomic mass is 9.85. The summed E-state index contributed by atoms with van der Waals surface area (Å²) in [7, 11) is 0. The lowest BCUT2D eigenvalue weighted by Gasteiger charge is -2.28. The summed E-state index contributed by atoms with van der Waals surface area (Å²) in [6.07, 6.45) is 6.84. The number of nitrogens with zero attached hydrogens (tertiary/aromatic N) is 1. The third-order valence-electron chi connectivity index (χ3n) is 4.20. The van der Waals surface area contributed by atoms with E-state index in [2.05, 4.69) is 26.1 Å². The first-order valence-corrected chi connectivity index (χ1v) is 8.14. The van der Waals surface area contributed by atoms with Crippen LogP contribution in [-0.2, 0) is 0 Å². The van der Waals surface area contributed by atoms with Gasteiger partial charge < -0.3 is 5.32 Å². The molecule has 0 spiro atoms. The molecule has 0 radical (unpaired) electrons. The van der Waals surface area contributed by atoms with Crippen LogP contribution in [0.5, 0.6) is 0 Å². The molecule has 1 atom stereocenters. The van der Waals surface area contributed by atoms with Crippen molar-refractivity contribution in [1.82, 2.24) is 5.32 Å². The molecule has 0 unspecified atom stereocenters. The first-order chi connectivity index (χ1) is 8.19. The summed E-state index contributed by atoms with van der Waals surface area (Å²) in [4.78, 5) is 4.79. The van der Waals surface area contributed by atoms with Crippen LogP contribution in [0.25, 0.3) is 0 Å². The van der Waals surface area contributed by atoms with Crippen LogP contribution in [0.4, 0.5) is 0 Å². The highest BCUT2D eigenvalue weighted by atomic mass is 32.2. The molecule has 1 fully saturated rings. The van der Waals surface area contributed by atoms with E-state index < -0.39 is 0 Å². The van der Waals surface area contributed by atoms with Gasteiger partial charge in [-0.25, -0.2) is 0 Å². The minimum atomic E-state index is 0.537. The lowest BCUT2D eigenvalue weighted by Crippen LogP contribution is -2.35. The number of aliphatic imine (C=N–C) groups is 1. The molecule has 1 aliphatic carbocycles. The fourth-order valence-electron chi connectivity index (χ4n) is 2.70. The van der Waals surface area contributed by atoms with Crippen molar-refractivity contribution in [3.8, 4) is 0 Å². The fraction of sp³-hybridized carbons (Fsp3) is 0.929. The van der Waals surface area contributed by atoms with Gasteiger partial charge in [0.1, 0.15) is 0 Å². The Morgan fingerprint density at radius 3 is 2.53 bits per heavy atom. The van der Waals surface area contributed by atoms with Gasteiger partial charge in [0.05, 0.1) is 6.04 Å². The number of rotatable bonds is 3. The Balaban J connectivity index is 1.77. The van der Waals surface area contributed by atoms with Crippen LogP contribution in [0, 0.1) is 11.8 Å². The molecule has 1 aliphatic heterocycles. The largest absolute Gasteiger partial charge is 0.362 e. The second kappa shape index (κ2) is 6.12. The Bertz CT molecular complexity index is 267. The van der Waals surface area contributed by atoms with Crippen LogP contribution in [0.3, 0.4) is 0 Å². The molecule has 1 saturated carbocycles. The molecule has 0 aromatic carbocycles. The van der Waals surface area contributed by atoms with E-state index in [-0.39, 0.29) is 0 Å². The van der Waals surface area contributed by atoms with E-state index in [9.17, 15) is 0 Å². The highest BCUT2D eigenvalue weighted by Crippen LogP contribution is 2.28. The molecule has 3 heteroatoms. The second-order valence-corrected chi connectivity index (χ2v) is 6.84. The molecule has 0 saturated heterocycles. The van der Waals surface area contributed by atoms with E-state index in [1.165, 1.54) is 43.0 Å². The van der Waals surface area contributed by atoms with Gasteiger partial charge >= 0.3 is 0 Å². The summed E-state index contributed by atoms with van der Waals surface area (Å²) in [6, 6.07) is 1.23. The summed E-state index contributed by atoms with van der Waals surface area (Å²) in [6.45, 7) is 6.86. The molecular weight excluding hydrogens is 228 g/mol. The maximum absolute atomic E-state index is 4.79. The number of hydrogen-bond donors (Lipinski definition) is 1. The van der Waals surface area contributed by atoms with Crippen molar-refractivity contribution >= 4 is 16.9 Å². The predicted molar refractivity (Wildman–Crippen MR) is 77.7 cm³/mol. The van der Waals surface area contributed by atoms with Crippen LogP contribution in [0.2, 0.25) is 0 Å². The highest BCUT2D eigenvalue weighted by molar-refractivity contribution is 8.14. The zero-order valence-electron chi connectivity index (χ0n) is 11.4. The topological polar surface area (TPSA) is 24.4 Å². The number of thioether (sulfide) groups is 1. The standard InChI is InChI=1S/C14H26N2S/c1-4-11-5-7-12(8-6-11)15-14-16-13(9-17-14)10(2)3/h10-13H,4-9H2,1-3H3,(H,15,16)/t11?,12?,13-/m1/s1. The van der Waals surface area contributed by atoms with Crippen molar-refractivity contribution < 1.29 is 0 Å². The number of nitrogens with one attached hydrogen (secondary N) is 1. The Labute approximate surface area is 110 Å². The van der Waals surface area contributed by atoms with Crippen molar-refractivity contribution in [1.29, 1.82) is 0 Å². The van der Waals surface area contributed by atoms with Crippen LogP contribution in [0.15, 0.2) is 4.99 Å². The molecule has 0 aromatic rings. The van der Waals surface area contributed by atoms with Gasteiger partial charge in [-0.05, 0) is 37.5 Å². The predicted octanol–water partition coefficient (Wildman–Crippen LogP) is 3.67. The van der Waals surface area contributed by atoms with Gasteiger partial charge in [0.2, 0.25) is 0 Å². The normalized spacial score (nSPS) is 33.9. The molecule has 98 valence electrons. The van der Waals surface area contributed by atoms with Gasteiger partial charge in [-0.1, -0.05) is 39.0 Å². The van der Waals surface area contributed by atoms with Crippen LogP contribution in [0.1, 0.15) is 52.9 Å². The monoisotopic (exact) mass is 254 g/mol. The van der Waals surface area contributed by atoms with Crippen LogP contribution >= 0.6 is 11.8 Å². The third kappa shape index (κ3) is 3.64. The average Bonchev–Trinajstić information content (AvgIpc) is 2.79. The van der Waals surface area contributed by atoms with Crippen molar-refractivity contribution in [2.75, 3.05) is 5.75 Å². The fourth-order valence-corrected chi connectivity index (χ4v) is 3.95. The van der Waals surface area contributed by atoms with E-state index in [0.29, 0.717) is 18.0 Å². The summed E-state index contributed by atoms with van der Waals surface area (Å²) in [5.74, 6) is 2.83. The molecule has 0 amide bonds. The summed E-state index contributed by atoms with van der Waals surface area (Å²) < 4.78 is 0. The molecule has 0 bridgehead atoms. The van der Waals surface area contributed by atoms with Crippen LogP contribution in [-0.4, -0.2) is 23.0 Å². The lowest BCUT2D eigenvalue weighted by molar-refractivity contribution is 0.306. The minimum absolute atomic E-state index is 0.537. The minimum Gasteiger partial charge on any atom is -0.362 e. The SMILES string of the molecule is CCC1CCC(NC2=N[C@@H](C(C)C)CS2)CC1. The van der Waals surface area contributed by atoms with Gasteiger partial charge in [0, 0.05) is 11.8 Å². The molecule has 2 aliphatic rings. The first kappa shape index (κ1) is 13.3. The summed E-state index contributed by atoms with van der Waals surface area (Å²) in [5, 5.41) is 4.87. The molecule has 0 aromatic heterocycles. The molecule has 1 heterocycles. The van der Waals surface area contributed by atoms with Gasteiger partial charge in [-0.2, -0.15) is 0 Å². The smallest absolute Gasteiger partial charge is 0.157 e. The molecule has 2 nitrogen and oxygen atoms in total. The Kier molecular flexibility index (Phi) is 4.78. The van der Waals surface area contributed by atoms with Crippen molar-refractivity contribution in [2.45, 2.75) is 65.0 Å². The third-order valence-corrected chi connectivity index (χ3v) is 5.20.